The summed E-state index contributed by atoms with van der Waals surface area (Å²) < 4.78 is 0. The first kappa shape index (κ1) is 16.2. The van der Waals surface area contributed by atoms with Gasteiger partial charge in [-0.1, -0.05) is 11.6 Å². The minimum Gasteiger partial charge on any atom is -0.392 e. The Morgan fingerprint density at radius 3 is 2.86 bits per heavy atom. The van der Waals surface area contributed by atoms with E-state index in [9.17, 15) is 15.2 Å². The summed E-state index contributed by atoms with van der Waals surface area (Å²) in [6.07, 6.45) is 0.320. The van der Waals surface area contributed by atoms with Crippen LogP contribution in [0.4, 0.5) is 5.69 Å². The smallest absolute Gasteiger partial charge is 0.275 e. The lowest BCUT2D eigenvalue weighted by Gasteiger charge is -2.26. The average Bonchev–Trinajstić information content (AvgIpc) is 2.70. The van der Waals surface area contributed by atoms with Crippen LogP contribution in [0.5, 0.6) is 0 Å². The van der Waals surface area contributed by atoms with Gasteiger partial charge in [0.15, 0.2) is 0 Å². The molecule has 116 valence electrons. The van der Waals surface area contributed by atoms with Crippen LogP contribution in [0, 0.1) is 10.1 Å². The van der Waals surface area contributed by atoms with Crippen LogP contribution in [0.15, 0.2) is 18.2 Å². The number of β-amino-alcohol motifs (C(OH)–C–C–N with tert-alkyl or cyclic N) is 1. The van der Waals surface area contributed by atoms with E-state index in [1.165, 1.54) is 6.07 Å². The zero-order chi connectivity index (χ0) is 15.6. The molecule has 6 nitrogen and oxygen atoms in total. The van der Waals surface area contributed by atoms with Gasteiger partial charge in [-0.2, -0.15) is 0 Å². The molecule has 1 aliphatic rings. The molecule has 2 unspecified atom stereocenters. The van der Waals surface area contributed by atoms with Gasteiger partial charge in [-0.3, -0.25) is 15.0 Å². The minimum absolute atomic E-state index is 0.0347. The largest absolute Gasteiger partial charge is 0.392 e. The lowest BCUT2D eigenvalue weighted by Crippen LogP contribution is -2.37. The van der Waals surface area contributed by atoms with Crippen molar-refractivity contribution in [2.75, 3.05) is 27.2 Å². The number of hydrogen-bond acceptors (Lipinski definition) is 5. The third-order valence-electron chi connectivity index (χ3n) is 3.70. The SMILES string of the molecule is CN(C)CC1CC(O)CN1Cc1ccc(Cl)cc1[N+](=O)[O-]. The molecular formula is C14H20ClN3O3. The Labute approximate surface area is 129 Å². The predicted molar refractivity (Wildman–Crippen MR) is 81.5 cm³/mol. The molecule has 1 aromatic carbocycles. The van der Waals surface area contributed by atoms with Gasteiger partial charge in [0.1, 0.15) is 0 Å². The molecule has 0 amide bonds. The molecule has 0 aliphatic carbocycles. The third-order valence-corrected chi connectivity index (χ3v) is 3.93. The molecule has 0 bridgehead atoms. The van der Waals surface area contributed by atoms with Gasteiger partial charge in [-0.05, 0) is 32.6 Å². The molecule has 0 radical (unpaired) electrons. The van der Waals surface area contributed by atoms with Crippen molar-refractivity contribution in [2.24, 2.45) is 0 Å². The highest BCUT2D eigenvalue weighted by Crippen LogP contribution is 2.27. The van der Waals surface area contributed by atoms with Gasteiger partial charge in [-0.15, -0.1) is 0 Å². The van der Waals surface area contributed by atoms with Crippen LogP contribution in [0.2, 0.25) is 5.02 Å². The van der Waals surface area contributed by atoms with Crippen molar-refractivity contribution in [3.63, 3.8) is 0 Å². The summed E-state index contributed by atoms with van der Waals surface area (Å²) in [6.45, 7) is 1.81. The van der Waals surface area contributed by atoms with Crippen LogP contribution >= 0.6 is 11.6 Å². The maximum Gasteiger partial charge on any atom is 0.275 e. The number of aliphatic hydroxyl groups is 1. The summed E-state index contributed by atoms with van der Waals surface area (Å²) in [6, 6.07) is 4.94. The minimum atomic E-state index is -0.408. The highest BCUT2D eigenvalue weighted by molar-refractivity contribution is 6.30. The van der Waals surface area contributed by atoms with Gasteiger partial charge < -0.3 is 10.0 Å². The molecule has 1 N–H and O–H groups in total. The molecule has 7 heteroatoms. The fourth-order valence-corrected chi connectivity index (χ4v) is 2.99. The van der Waals surface area contributed by atoms with E-state index in [1.54, 1.807) is 12.1 Å². The lowest BCUT2D eigenvalue weighted by molar-refractivity contribution is -0.385. The molecule has 21 heavy (non-hydrogen) atoms. The topological polar surface area (TPSA) is 69.8 Å². The second kappa shape index (κ2) is 6.70. The summed E-state index contributed by atoms with van der Waals surface area (Å²) in [4.78, 5) is 14.9. The Kier molecular flexibility index (Phi) is 5.16. The van der Waals surface area contributed by atoms with Crippen LogP contribution in [0.25, 0.3) is 0 Å². The zero-order valence-electron chi connectivity index (χ0n) is 12.2. The maximum atomic E-state index is 11.1. The van der Waals surface area contributed by atoms with Crippen molar-refractivity contribution in [1.82, 2.24) is 9.80 Å². The van der Waals surface area contributed by atoms with Crippen LogP contribution in [0.3, 0.4) is 0 Å². The van der Waals surface area contributed by atoms with Crippen molar-refractivity contribution in [2.45, 2.75) is 25.1 Å². The molecule has 1 aliphatic heterocycles. The number of rotatable bonds is 5. The van der Waals surface area contributed by atoms with E-state index >= 15 is 0 Å². The Bertz CT molecular complexity index is 524. The summed E-state index contributed by atoms with van der Waals surface area (Å²) in [7, 11) is 3.96. The molecule has 1 aromatic rings. The van der Waals surface area contributed by atoms with Crippen LogP contribution in [0.1, 0.15) is 12.0 Å². The van der Waals surface area contributed by atoms with Crippen LogP contribution in [-0.2, 0) is 6.54 Å². The molecule has 0 aromatic heterocycles. The van der Waals surface area contributed by atoms with Crippen LogP contribution < -0.4 is 0 Å². The highest BCUT2D eigenvalue weighted by Gasteiger charge is 2.32. The molecule has 1 fully saturated rings. The maximum absolute atomic E-state index is 11.1. The average molecular weight is 314 g/mol. The zero-order valence-corrected chi connectivity index (χ0v) is 13.0. The summed E-state index contributed by atoms with van der Waals surface area (Å²) in [5.41, 5.74) is 0.662. The molecule has 0 saturated carbocycles. The second-order valence-electron chi connectivity index (χ2n) is 5.77. The Hall–Kier alpha value is -1.21. The normalized spacial score (nSPS) is 22.9. The van der Waals surface area contributed by atoms with E-state index in [-0.39, 0.29) is 17.8 Å². The fourth-order valence-electron chi connectivity index (χ4n) is 2.82. The fraction of sp³-hybridized carbons (Fsp3) is 0.571. The lowest BCUT2D eigenvalue weighted by atomic mass is 10.1. The quantitative estimate of drug-likeness (QED) is 0.662. The van der Waals surface area contributed by atoms with Crippen molar-refractivity contribution in [1.29, 1.82) is 0 Å². The van der Waals surface area contributed by atoms with Gasteiger partial charge in [-0.25, -0.2) is 0 Å². The monoisotopic (exact) mass is 313 g/mol. The number of nitrogens with zero attached hydrogens (tertiary/aromatic N) is 3. The summed E-state index contributed by atoms with van der Waals surface area (Å²) in [5, 5.41) is 21.4. The van der Waals surface area contributed by atoms with E-state index in [4.69, 9.17) is 11.6 Å². The Balaban J connectivity index is 2.18. The van der Waals surface area contributed by atoms with E-state index in [2.05, 4.69) is 9.80 Å². The van der Waals surface area contributed by atoms with Gasteiger partial charge in [0, 0.05) is 42.3 Å². The summed E-state index contributed by atoms with van der Waals surface area (Å²) >= 11 is 5.83. The standard InChI is InChI=1S/C14H20ClN3O3/c1-16(2)8-12-6-13(19)9-17(12)7-10-3-4-11(15)5-14(10)18(20)21/h3-5,12-13,19H,6-9H2,1-2H3. The molecule has 1 heterocycles. The van der Waals surface area contributed by atoms with Gasteiger partial charge >= 0.3 is 0 Å². The number of nitro benzene ring substituents is 1. The molecule has 2 atom stereocenters. The first-order valence-electron chi connectivity index (χ1n) is 6.86. The Morgan fingerprint density at radius 1 is 1.52 bits per heavy atom. The first-order valence-corrected chi connectivity index (χ1v) is 7.24. The highest BCUT2D eigenvalue weighted by atomic mass is 35.5. The van der Waals surface area contributed by atoms with Gasteiger partial charge in [0.25, 0.3) is 5.69 Å². The molecular weight excluding hydrogens is 294 g/mol. The molecule has 2 rings (SSSR count). The van der Waals surface area contributed by atoms with E-state index in [0.717, 1.165) is 6.54 Å². The second-order valence-corrected chi connectivity index (χ2v) is 6.20. The number of benzene rings is 1. The first-order chi connectivity index (χ1) is 9.86. The van der Waals surface area contributed by atoms with Gasteiger partial charge in [0.05, 0.1) is 11.0 Å². The summed E-state index contributed by atoms with van der Waals surface area (Å²) in [5.74, 6) is 0. The van der Waals surface area contributed by atoms with E-state index in [0.29, 0.717) is 30.1 Å². The van der Waals surface area contributed by atoms with Gasteiger partial charge in [0.2, 0.25) is 0 Å². The van der Waals surface area contributed by atoms with Crippen molar-refractivity contribution in [3.05, 3.63) is 38.9 Å². The number of hydrogen-bond donors (Lipinski definition) is 1. The van der Waals surface area contributed by atoms with Crippen molar-refractivity contribution < 1.29 is 10.0 Å². The predicted octanol–water partition coefficient (Wildman–Crippen LogP) is 1.74. The number of likely N-dealkylation sites (N-methyl/N-ethyl adjacent to an activating group) is 1. The number of aliphatic hydroxyl groups excluding tert-OH is 1. The number of nitro groups is 1. The Morgan fingerprint density at radius 2 is 2.24 bits per heavy atom. The number of halogens is 1. The third kappa shape index (κ3) is 4.14. The van der Waals surface area contributed by atoms with Crippen molar-refractivity contribution in [3.8, 4) is 0 Å². The van der Waals surface area contributed by atoms with Crippen LogP contribution in [-0.4, -0.2) is 59.2 Å². The number of likely N-dealkylation sites (tertiary alicyclic amines) is 1. The molecule has 1 saturated heterocycles. The molecule has 0 spiro atoms. The van der Waals surface area contributed by atoms with E-state index < -0.39 is 4.92 Å². The van der Waals surface area contributed by atoms with Crippen molar-refractivity contribution >= 4 is 17.3 Å². The van der Waals surface area contributed by atoms with E-state index in [1.807, 2.05) is 14.1 Å².